The molecule has 0 aromatic carbocycles. The van der Waals surface area contributed by atoms with E-state index >= 15 is 0 Å². The quantitative estimate of drug-likeness (QED) is 0.631. The van der Waals surface area contributed by atoms with Crippen LogP contribution in [0.25, 0.3) is 0 Å². The van der Waals surface area contributed by atoms with Gasteiger partial charge in [0.05, 0.1) is 6.42 Å². The number of Topliss-reactive ketones (excluding diaryl/α,β-unsaturated/α-hetero) is 1. The standard InChI is InChI=1S/C16H24O3/c1-14(2)10-5-8-16(4)11(9-13(18)19-16)15(10,3)7-6-12(14)17/h10-11H,5-9H2,1-4H3/t10-,11+,15-,16+/m0/s1. The van der Waals surface area contributed by atoms with Crippen molar-refractivity contribution in [2.24, 2.45) is 22.7 Å². The van der Waals surface area contributed by atoms with E-state index in [2.05, 4.69) is 27.7 Å². The predicted octanol–water partition coefficient (Wildman–Crippen LogP) is 3.11. The molecule has 0 amide bonds. The third-order valence-electron chi connectivity index (χ3n) is 6.46. The number of fused-ring (bicyclic) bond motifs is 3. The fourth-order valence-corrected chi connectivity index (χ4v) is 5.35. The third kappa shape index (κ3) is 1.56. The summed E-state index contributed by atoms with van der Waals surface area (Å²) in [6.45, 7) is 8.57. The summed E-state index contributed by atoms with van der Waals surface area (Å²) < 4.78 is 5.64. The van der Waals surface area contributed by atoms with E-state index in [9.17, 15) is 9.59 Å². The van der Waals surface area contributed by atoms with E-state index in [4.69, 9.17) is 4.74 Å². The van der Waals surface area contributed by atoms with Crippen molar-refractivity contribution in [3.8, 4) is 0 Å². The maximum absolute atomic E-state index is 12.3. The summed E-state index contributed by atoms with van der Waals surface area (Å²) in [4.78, 5) is 24.0. The van der Waals surface area contributed by atoms with Crippen molar-refractivity contribution < 1.29 is 14.3 Å². The number of carbonyl (C=O) groups is 2. The van der Waals surface area contributed by atoms with Crippen LogP contribution in [0, 0.1) is 22.7 Å². The van der Waals surface area contributed by atoms with Gasteiger partial charge in [0, 0.05) is 17.8 Å². The number of ether oxygens (including phenoxy) is 1. The Bertz CT molecular complexity index is 449. The minimum Gasteiger partial charge on any atom is -0.459 e. The molecule has 19 heavy (non-hydrogen) atoms. The van der Waals surface area contributed by atoms with Gasteiger partial charge >= 0.3 is 5.97 Å². The largest absolute Gasteiger partial charge is 0.459 e. The van der Waals surface area contributed by atoms with Crippen LogP contribution < -0.4 is 0 Å². The van der Waals surface area contributed by atoms with Crippen LogP contribution >= 0.6 is 0 Å². The summed E-state index contributed by atoms with van der Waals surface area (Å²) in [6, 6.07) is 0. The van der Waals surface area contributed by atoms with Crippen LogP contribution in [0.3, 0.4) is 0 Å². The number of esters is 1. The maximum Gasteiger partial charge on any atom is 0.306 e. The van der Waals surface area contributed by atoms with Crippen molar-refractivity contribution in [3.63, 3.8) is 0 Å². The molecule has 1 aliphatic heterocycles. The van der Waals surface area contributed by atoms with Gasteiger partial charge in [-0.25, -0.2) is 0 Å². The van der Waals surface area contributed by atoms with Crippen LogP contribution in [0.4, 0.5) is 0 Å². The van der Waals surface area contributed by atoms with Crippen LogP contribution in [0.2, 0.25) is 0 Å². The molecule has 0 bridgehead atoms. The van der Waals surface area contributed by atoms with Gasteiger partial charge in [-0.05, 0) is 37.5 Å². The first-order valence-corrected chi connectivity index (χ1v) is 7.45. The lowest BCUT2D eigenvalue weighted by molar-refractivity contribution is -0.171. The van der Waals surface area contributed by atoms with Gasteiger partial charge in [-0.1, -0.05) is 20.8 Å². The third-order valence-corrected chi connectivity index (χ3v) is 6.46. The fraction of sp³-hybridized carbons (Fsp3) is 0.875. The predicted molar refractivity (Wildman–Crippen MR) is 71.5 cm³/mol. The second kappa shape index (κ2) is 3.62. The zero-order valence-electron chi connectivity index (χ0n) is 12.4. The lowest BCUT2D eigenvalue weighted by atomic mass is 9.45. The molecule has 0 unspecified atom stereocenters. The Hall–Kier alpha value is -0.860. The molecule has 2 aliphatic carbocycles. The molecule has 3 heteroatoms. The van der Waals surface area contributed by atoms with Gasteiger partial charge in [-0.2, -0.15) is 0 Å². The molecular formula is C16H24O3. The smallest absolute Gasteiger partial charge is 0.306 e. The lowest BCUT2D eigenvalue weighted by Gasteiger charge is -2.58. The number of hydrogen-bond acceptors (Lipinski definition) is 3. The molecule has 2 saturated carbocycles. The van der Waals surface area contributed by atoms with E-state index in [1.807, 2.05) is 0 Å². The van der Waals surface area contributed by atoms with E-state index in [0.29, 0.717) is 24.5 Å². The van der Waals surface area contributed by atoms with Crippen LogP contribution in [0.5, 0.6) is 0 Å². The van der Waals surface area contributed by atoms with E-state index in [1.165, 1.54) is 0 Å². The highest BCUT2D eigenvalue weighted by molar-refractivity contribution is 5.85. The first-order chi connectivity index (χ1) is 8.70. The average molecular weight is 264 g/mol. The van der Waals surface area contributed by atoms with Gasteiger partial charge in [-0.3, -0.25) is 9.59 Å². The minimum atomic E-state index is -0.293. The molecule has 106 valence electrons. The van der Waals surface area contributed by atoms with Crippen LogP contribution in [0.15, 0.2) is 0 Å². The molecule has 0 aromatic rings. The second-order valence-corrected chi connectivity index (χ2v) is 7.79. The average Bonchev–Trinajstić information content (AvgIpc) is 2.61. The summed E-state index contributed by atoms with van der Waals surface area (Å²) in [5.74, 6) is 1.00. The Labute approximate surface area is 115 Å². The zero-order valence-corrected chi connectivity index (χ0v) is 12.4. The van der Waals surface area contributed by atoms with E-state index in [1.54, 1.807) is 0 Å². The maximum atomic E-state index is 12.3. The number of carbonyl (C=O) groups excluding carboxylic acids is 2. The molecule has 0 aromatic heterocycles. The Morgan fingerprint density at radius 1 is 1.05 bits per heavy atom. The highest BCUT2D eigenvalue weighted by Gasteiger charge is 2.64. The first kappa shape index (κ1) is 13.1. The van der Waals surface area contributed by atoms with Gasteiger partial charge in [0.2, 0.25) is 0 Å². The fourth-order valence-electron chi connectivity index (χ4n) is 5.35. The normalized spacial score (nSPS) is 48.4. The Morgan fingerprint density at radius 2 is 1.74 bits per heavy atom. The topological polar surface area (TPSA) is 43.4 Å². The van der Waals surface area contributed by atoms with Crippen molar-refractivity contribution in [1.82, 2.24) is 0 Å². The van der Waals surface area contributed by atoms with Gasteiger partial charge in [0.15, 0.2) is 0 Å². The molecule has 4 atom stereocenters. The molecule has 1 saturated heterocycles. The number of ketones is 1. The highest BCUT2D eigenvalue weighted by atomic mass is 16.6. The van der Waals surface area contributed by atoms with Gasteiger partial charge in [-0.15, -0.1) is 0 Å². The second-order valence-electron chi connectivity index (χ2n) is 7.79. The van der Waals surface area contributed by atoms with Crippen molar-refractivity contribution in [1.29, 1.82) is 0 Å². The number of hydrogen-bond donors (Lipinski definition) is 0. The summed E-state index contributed by atoms with van der Waals surface area (Å²) >= 11 is 0. The van der Waals surface area contributed by atoms with Gasteiger partial charge in [0.1, 0.15) is 11.4 Å². The monoisotopic (exact) mass is 264 g/mol. The molecule has 0 radical (unpaired) electrons. The minimum absolute atomic E-state index is 0.0518. The molecule has 3 aliphatic rings. The van der Waals surface area contributed by atoms with E-state index in [-0.39, 0.29) is 28.3 Å². The first-order valence-electron chi connectivity index (χ1n) is 7.45. The van der Waals surface area contributed by atoms with Gasteiger partial charge in [0.25, 0.3) is 0 Å². The van der Waals surface area contributed by atoms with Crippen molar-refractivity contribution >= 4 is 11.8 Å². The summed E-state index contributed by atoms with van der Waals surface area (Å²) in [5.41, 5.74) is -0.477. The van der Waals surface area contributed by atoms with Crippen molar-refractivity contribution in [2.75, 3.05) is 0 Å². The summed E-state index contributed by atoms with van der Waals surface area (Å²) in [5, 5.41) is 0. The Morgan fingerprint density at radius 3 is 2.42 bits per heavy atom. The SMILES string of the molecule is CC1(C)C(=O)CC[C@]2(C)[C@H]3CC(=O)O[C@]3(C)CC[C@@H]12. The van der Waals surface area contributed by atoms with Crippen molar-refractivity contribution in [3.05, 3.63) is 0 Å². The molecule has 3 rings (SSSR count). The van der Waals surface area contributed by atoms with Crippen LogP contribution in [-0.2, 0) is 14.3 Å². The zero-order chi connectivity index (χ0) is 14.1. The summed E-state index contributed by atoms with van der Waals surface area (Å²) in [7, 11) is 0. The molecule has 1 heterocycles. The molecule has 0 spiro atoms. The summed E-state index contributed by atoms with van der Waals surface area (Å²) in [6.07, 6.45) is 4.00. The van der Waals surface area contributed by atoms with Crippen LogP contribution in [-0.4, -0.2) is 17.4 Å². The van der Waals surface area contributed by atoms with Crippen LogP contribution in [0.1, 0.15) is 59.8 Å². The molecular weight excluding hydrogens is 240 g/mol. The number of rotatable bonds is 0. The Kier molecular flexibility index (Phi) is 2.50. The van der Waals surface area contributed by atoms with Crippen molar-refractivity contribution in [2.45, 2.75) is 65.4 Å². The Balaban J connectivity index is 2.03. The molecule has 3 fully saturated rings. The molecule has 0 N–H and O–H groups in total. The highest BCUT2D eigenvalue weighted by Crippen LogP contribution is 2.64. The van der Waals surface area contributed by atoms with E-state index in [0.717, 1.165) is 19.3 Å². The lowest BCUT2D eigenvalue weighted by Crippen LogP contribution is -2.58. The van der Waals surface area contributed by atoms with E-state index < -0.39 is 0 Å². The molecule has 3 nitrogen and oxygen atoms in total. The van der Waals surface area contributed by atoms with Gasteiger partial charge < -0.3 is 4.74 Å².